The number of amides is 3. The predicted molar refractivity (Wildman–Crippen MR) is 119 cm³/mol. The van der Waals surface area contributed by atoms with Crippen molar-refractivity contribution in [2.24, 2.45) is 5.73 Å². The molecule has 5 atom stereocenters. The number of carbonyl (C=O) groups is 6. The van der Waals surface area contributed by atoms with Crippen molar-refractivity contribution in [1.82, 2.24) is 16.0 Å². The van der Waals surface area contributed by atoms with Crippen LogP contribution in [0.15, 0.2) is 24.3 Å². The number of aliphatic hydroxyl groups is 1. The van der Waals surface area contributed by atoms with Gasteiger partial charge in [-0.25, -0.2) is 4.79 Å². The maximum atomic E-state index is 12.7. The Balaban J connectivity index is 3.00. The summed E-state index contributed by atoms with van der Waals surface area (Å²) in [5.41, 5.74) is 5.84. The van der Waals surface area contributed by atoms with Gasteiger partial charge in [-0.3, -0.25) is 24.0 Å². The van der Waals surface area contributed by atoms with Gasteiger partial charge < -0.3 is 47.2 Å². The van der Waals surface area contributed by atoms with E-state index in [1.807, 2.05) is 10.6 Å². The molecule has 10 N–H and O–H groups in total. The number of aromatic hydroxyl groups is 1. The van der Waals surface area contributed by atoms with Gasteiger partial charge in [-0.05, 0) is 24.6 Å². The van der Waals surface area contributed by atoms with Gasteiger partial charge in [0.25, 0.3) is 0 Å². The van der Waals surface area contributed by atoms with Crippen LogP contribution in [-0.2, 0) is 35.2 Å². The summed E-state index contributed by atoms with van der Waals surface area (Å²) in [5, 5.41) is 52.7. The first-order chi connectivity index (χ1) is 16.7. The van der Waals surface area contributed by atoms with Gasteiger partial charge in [-0.1, -0.05) is 12.1 Å². The molecule has 1 aromatic carbocycles. The van der Waals surface area contributed by atoms with Gasteiger partial charge >= 0.3 is 17.9 Å². The fourth-order valence-electron chi connectivity index (χ4n) is 2.93. The van der Waals surface area contributed by atoms with E-state index in [4.69, 9.17) is 15.9 Å². The Kier molecular flexibility index (Phi) is 11.3. The third kappa shape index (κ3) is 9.94. The molecule has 0 aliphatic carbocycles. The number of phenolic OH excluding ortho intramolecular Hbond substituents is 1. The van der Waals surface area contributed by atoms with Crippen molar-refractivity contribution in [3.8, 4) is 5.75 Å². The number of aliphatic carboxylic acids is 3. The third-order valence-electron chi connectivity index (χ3n) is 4.80. The summed E-state index contributed by atoms with van der Waals surface area (Å²) >= 11 is 0. The minimum absolute atomic E-state index is 0.0671. The molecule has 0 bridgehead atoms. The maximum Gasteiger partial charge on any atom is 0.326 e. The van der Waals surface area contributed by atoms with E-state index >= 15 is 0 Å². The number of carboxylic acids is 3. The Bertz CT molecular complexity index is 981. The van der Waals surface area contributed by atoms with Crippen molar-refractivity contribution in [2.45, 2.75) is 56.5 Å². The zero-order chi connectivity index (χ0) is 27.6. The molecule has 0 spiro atoms. The highest BCUT2D eigenvalue weighted by atomic mass is 16.4. The van der Waals surface area contributed by atoms with E-state index in [0.29, 0.717) is 5.56 Å². The highest BCUT2D eigenvalue weighted by Crippen LogP contribution is 2.12. The van der Waals surface area contributed by atoms with E-state index in [-0.39, 0.29) is 12.2 Å². The normalized spacial score (nSPS) is 14.9. The van der Waals surface area contributed by atoms with E-state index in [1.54, 1.807) is 0 Å². The minimum Gasteiger partial charge on any atom is -0.508 e. The maximum absolute atomic E-state index is 12.7. The van der Waals surface area contributed by atoms with Crippen LogP contribution in [0.25, 0.3) is 0 Å². The zero-order valence-corrected chi connectivity index (χ0v) is 19.1. The highest BCUT2D eigenvalue weighted by molar-refractivity contribution is 5.96. The number of rotatable bonds is 14. The van der Waals surface area contributed by atoms with Crippen molar-refractivity contribution in [3.05, 3.63) is 29.8 Å². The molecular formula is C21H28N4O11. The molecule has 0 fully saturated rings. The number of phenols is 1. The number of benzene rings is 1. The Morgan fingerprint density at radius 1 is 0.806 bits per heavy atom. The summed E-state index contributed by atoms with van der Waals surface area (Å²) in [6.07, 6.45) is -3.55. The molecule has 0 aliphatic rings. The average molecular weight is 512 g/mol. The van der Waals surface area contributed by atoms with E-state index < -0.39 is 78.7 Å². The fraction of sp³-hybridized carbons (Fsp3) is 0.429. The second kappa shape index (κ2) is 13.6. The summed E-state index contributed by atoms with van der Waals surface area (Å²) in [6, 6.07) is -1.21. The molecule has 36 heavy (non-hydrogen) atoms. The minimum atomic E-state index is -1.80. The lowest BCUT2D eigenvalue weighted by atomic mass is 10.0. The first-order valence-electron chi connectivity index (χ1n) is 10.5. The van der Waals surface area contributed by atoms with Gasteiger partial charge in [0.2, 0.25) is 17.7 Å². The van der Waals surface area contributed by atoms with Gasteiger partial charge in [0.15, 0.2) is 0 Å². The quantitative estimate of drug-likeness (QED) is 0.122. The molecule has 198 valence electrons. The van der Waals surface area contributed by atoms with Crippen LogP contribution in [0.4, 0.5) is 0 Å². The van der Waals surface area contributed by atoms with E-state index in [1.165, 1.54) is 24.3 Å². The van der Waals surface area contributed by atoms with Gasteiger partial charge in [0, 0.05) is 6.42 Å². The topological polar surface area (TPSA) is 266 Å². The second-order valence-corrected chi connectivity index (χ2v) is 7.86. The van der Waals surface area contributed by atoms with Gasteiger partial charge in [0.1, 0.15) is 23.9 Å². The molecule has 0 heterocycles. The summed E-state index contributed by atoms with van der Waals surface area (Å²) in [5.74, 6) is -7.92. The lowest BCUT2D eigenvalue weighted by Crippen LogP contribution is -2.60. The van der Waals surface area contributed by atoms with Crippen molar-refractivity contribution in [1.29, 1.82) is 0 Å². The molecule has 0 saturated heterocycles. The lowest BCUT2D eigenvalue weighted by Gasteiger charge is -2.25. The summed E-state index contributed by atoms with van der Waals surface area (Å²) < 4.78 is 0. The number of aliphatic hydroxyl groups excluding tert-OH is 1. The van der Waals surface area contributed by atoms with Crippen LogP contribution in [0.5, 0.6) is 5.75 Å². The molecule has 5 unspecified atom stereocenters. The average Bonchev–Trinajstić information content (AvgIpc) is 2.76. The zero-order valence-electron chi connectivity index (χ0n) is 19.1. The number of nitrogens with two attached hydrogens (primary N) is 1. The van der Waals surface area contributed by atoms with Crippen LogP contribution in [0, 0.1) is 0 Å². The first kappa shape index (κ1) is 29.8. The Morgan fingerprint density at radius 2 is 1.33 bits per heavy atom. The van der Waals surface area contributed by atoms with Crippen molar-refractivity contribution in [3.63, 3.8) is 0 Å². The Morgan fingerprint density at radius 3 is 1.81 bits per heavy atom. The van der Waals surface area contributed by atoms with Crippen molar-refractivity contribution in [2.75, 3.05) is 0 Å². The standard InChI is InChI=1S/C21H28N4O11/c1-9(26)17(25-18(32)12(22)7-15(28)29)20(34)23-13(8-16(30)31)19(33)24-14(21(35)36)6-10-2-4-11(27)5-3-10/h2-5,9,12-14,17,26-27H,6-8,22H2,1H3,(H,23,34)(H,24,33)(H,25,32)(H,28,29)(H,30,31)(H,35,36). The monoisotopic (exact) mass is 512 g/mol. The lowest BCUT2D eigenvalue weighted by molar-refractivity contribution is -0.143. The Hall–Kier alpha value is -4.24. The van der Waals surface area contributed by atoms with Gasteiger partial charge in [-0.15, -0.1) is 0 Å². The van der Waals surface area contributed by atoms with Crippen LogP contribution in [0.3, 0.4) is 0 Å². The van der Waals surface area contributed by atoms with Gasteiger partial charge in [-0.2, -0.15) is 0 Å². The molecule has 0 aliphatic heterocycles. The summed E-state index contributed by atoms with van der Waals surface area (Å²) in [4.78, 5) is 71.0. The van der Waals surface area contributed by atoms with Crippen molar-refractivity contribution >= 4 is 35.6 Å². The molecule has 15 heteroatoms. The molecule has 1 aromatic rings. The molecule has 15 nitrogen and oxygen atoms in total. The highest BCUT2D eigenvalue weighted by Gasteiger charge is 2.33. The fourth-order valence-corrected chi connectivity index (χ4v) is 2.93. The molecule has 0 radical (unpaired) electrons. The largest absolute Gasteiger partial charge is 0.508 e. The molecule has 1 rings (SSSR count). The van der Waals surface area contributed by atoms with E-state index in [9.17, 15) is 44.1 Å². The number of carbonyl (C=O) groups excluding carboxylic acids is 3. The van der Waals surface area contributed by atoms with Crippen LogP contribution in [0.1, 0.15) is 25.3 Å². The van der Waals surface area contributed by atoms with Crippen molar-refractivity contribution < 1.29 is 54.3 Å². The predicted octanol–water partition coefficient (Wildman–Crippen LogP) is -2.87. The SMILES string of the molecule is CC(O)C(NC(=O)C(N)CC(=O)O)C(=O)NC(CC(=O)O)C(=O)NC(Cc1ccc(O)cc1)C(=O)O. The summed E-state index contributed by atoms with van der Waals surface area (Å²) in [6.45, 7) is 1.09. The van der Waals surface area contributed by atoms with Crippen LogP contribution in [-0.4, -0.2) is 91.4 Å². The smallest absolute Gasteiger partial charge is 0.326 e. The number of nitrogens with one attached hydrogen (secondary N) is 3. The molecule has 0 aromatic heterocycles. The van der Waals surface area contributed by atoms with Gasteiger partial charge in [0.05, 0.1) is 25.0 Å². The second-order valence-electron chi connectivity index (χ2n) is 7.86. The molecule has 0 saturated carbocycles. The number of hydrogen-bond acceptors (Lipinski definition) is 9. The van der Waals surface area contributed by atoms with Crippen LogP contribution < -0.4 is 21.7 Å². The van der Waals surface area contributed by atoms with Crippen LogP contribution >= 0.6 is 0 Å². The first-order valence-corrected chi connectivity index (χ1v) is 10.5. The third-order valence-corrected chi connectivity index (χ3v) is 4.80. The number of carboxylic acid groups (broad SMARTS) is 3. The van der Waals surface area contributed by atoms with Crippen LogP contribution in [0.2, 0.25) is 0 Å². The molecular weight excluding hydrogens is 484 g/mol. The number of hydrogen-bond donors (Lipinski definition) is 9. The van der Waals surface area contributed by atoms with E-state index in [0.717, 1.165) is 6.92 Å². The molecule has 3 amide bonds. The Labute approximate surface area is 204 Å². The van der Waals surface area contributed by atoms with E-state index in [2.05, 4.69) is 5.32 Å². The summed E-state index contributed by atoms with van der Waals surface area (Å²) in [7, 11) is 0.